The van der Waals surface area contributed by atoms with Gasteiger partial charge in [0.1, 0.15) is 0 Å². The maximum absolute atomic E-state index is 5.53. The first kappa shape index (κ1) is 10.6. The first-order valence-corrected chi connectivity index (χ1v) is 5.15. The predicted molar refractivity (Wildman–Crippen MR) is 56.3 cm³/mol. The van der Waals surface area contributed by atoms with Crippen LogP contribution >= 0.6 is 0 Å². The van der Waals surface area contributed by atoms with Crippen LogP contribution in [0.15, 0.2) is 0 Å². The minimum Gasteiger partial charge on any atom is -0.330 e. The van der Waals surface area contributed by atoms with Crippen LogP contribution < -0.4 is 5.73 Å². The molecule has 2 N–H and O–H groups in total. The SMILES string of the molecule is C#CCN(CC1CC1)C(C)CCN. The second-order valence-corrected chi connectivity index (χ2v) is 4.00. The molecule has 0 heterocycles. The Morgan fingerprint density at radius 2 is 2.31 bits per heavy atom. The molecular weight excluding hydrogens is 160 g/mol. The van der Waals surface area contributed by atoms with E-state index >= 15 is 0 Å². The van der Waals surface area contributed by atoms with Crippen molar-refractivity contribution in [3.63, 3.8) is 0 Å². The van der Waals surface area contributed by atoms with E-state index in [1.54, 1.807) is 0 Å². The second kappa shape index (κ2) is 5.26. The van der Waals surface area contributed by atoms with Crippen molar-refractivity contribution in [1.29, 1.82) is 0 Å². The Kier molecular flexibility index (Phi) is 4.27. The number of hydrogen-bond acceptors (Lipinski definition) is 2. The van der Waals surface area contributed by atoms with Crippen molar-refractivity contribution in [2.24, 2.45) is 11.7 Å². The van der Waals surface area contributed by atoms with Gasteiger partial charge in [-0.05, 0) is 38.6 Å². The average Bonchev–Trinajstić information content (AvgIpc) is 2.88. The molecule has 0 amide bonds. The molecule has 0 saturated heterocycles. The fourth-order valence-electron chi connectivity index (χ4n) is 1.57. The number of nitrogens with zero attached hydrogens (tertiary/aromatic N) is 1. The molecule has 0 aliphatic heterocycles. The van der Waals surface area contributed by atoms with E-state index in [1.807, 2.05) is 0 Å². The summed E-state index contributed by atoms with van der Waals surface area (Å²) in [4.78, 5) is 2.38. The third-order valence-electron chi connectivity index (χ3n) is 2.69. The van der Waals surface area contributed by atoms with Gasteiger partial charge >= 0.3 is 0 Å². The van der Waals surface area contributed by atoms with Gasteiger partial charge in [0, 0.05) is 12.6 Å². The zero-order valence-electron chi connectivity index (χ0n) is 8.50. The number of terminal acetylenes is 1. The highest BCUT2D eigenvalue weighted by atomic mass is 15.1. The largest absolute Gasteiger partial charge is 0.330 e. The lowest BCUT2D eigenvalue weighted by atomic mass is 10.2. The average molecular weight is 180 g/mol. The summed E-state index contributed by atoms with van der Waals surface area (Å²) < 4.78 is 0. The summed E-state index contributed by atoms with van der Waals surface area (Å²) in [5.41, 5.74) is 5.53. The molecule has 1 atom stereocenters. The van der Waals surface area contributed by atoms with Gasteiger partial charge in [0.05, 0.1) is 6.54 Å². The zero-order valence-corrected chi connectivity index (χ0v) is 8.50. The Balaban J connectivity index is 2.30. The van der Waals surface area contributed by atoms with Gasteiger partial charge in [-0.15, -0.1) is 6.42 Å². The second-order valence-electron chi connectivity index (χ2n) is 4.00. The minimum absolute atomic E-state index is 0.543. The van der Waals surface area contributed by atoms with Crippen molar-refractivity contribution in [3.05, 3.63) is 0 Å². The molecule has 0 spiro atoms. The molecule has 0 aromatic carbocycles. The van der Waals surface area contributed by atoms with E-state index in [9.17, 15) is 0 Å². The van der Waals surface area contributed by atoms with Crippen molar-refractivity contribution in [2.45, 2.75) is 32.2 Å². The van der Waals surface area contributed by atoms with Crippen LogP contribution in [0, 0.1) is 18.3 Å². The quantitative estimate of drug-likeness (QED) is 0.620. The Morgan fingerprint density at radius 1 is 1.62 bits per heavy atom. The molecule has 0 radical (unpaired) electrons. The van der Waals surface area contributed by atoms with Crippen molar-refractivity contribution in [3.8, 4) is 12.3 Å². The molecule has 2 heteroatoms. The van der Waals surface area contributed by atoms with Gasteiger partial charge in [-0.1, -0.05) is 5.92 Å². The Hall–Kier alpha value is -0.520. The summed E-state index contributed by atoms with van der Waals surface area (Å²) in [5.74, 6) is 3.64. The zero-order chi connectivity index (χ0) is 9.68. The highest BCUT2D eigenvalue weighted by Crippen LogP contribution is 2.30. The van der Waals surface area contributed by atoms with Crippen LogP contribution in [0.5, 0.6) is 0 Å². The van der Waals surface area contributed by atoms with Crippen LogP contribution in [-0.2, 0) is 0 Å². The monoisotopic (exact) mass is 180 g/mol. The van der Waals surface area contributed by atoms with E-state index in [-0.39, 0.29) is 0 Å². The number of rotatable bonds is 6. The molecule has 2 nitrogen and oxygen atoms in total. The molecule has 1 fully saturated rings. The normalized spacial score (nSPS) is 18.6. The van der Waals surface area contributed by atoms with Gasteiger partial charge in [-0.3, -0.25) is 4.90 Å². The van der Waals surface area contributed by atoms with Crippen LogP contribution in [0.25, 0.3) is 0 Å². The molecule has 74 valence electrons. The molecule has 1 rings (SSSR count). The molecule has 0 bridgehead atoms. The van der Waals surface area contributed by atoms with Crippen LogP contribution in [-0.4, -0.2) is 30.6 Å². The summed E-state index contributed by atoms with van der Waals surface area (Å²) >= 11 is 0. The third-order valence-corrected chi connectivity index (χ3v) is 2.69. The van der Waals surface area contributed by atoms with Gasteiger partial charge in [-0.2, -0.15) is 0 Å². The molecule has 1 aliphatic carbocycles. The van der Waals surface area contributed by atoms with Gasteiger partial charge < -0.3 is 5.73 Å². The van der Waals surface area contributed by atoms with E-state index in [1.165, 1.54) is 19.4 Å². The van der Waals surface area contributed by atoms with Crippen molar-refractivity contribution in [1.82, 2.24) is 4.90 Å². The van der Waals surface area contributed by atoms with E-state index in [4.69, 9.17) is 12.2 Å². The van der Waals surface area contributed by atoms with Gasteiger partial charge in [0.2, 0.25) is 0 Å². The van der Waals surface area contributed by atoms with E-state index in [0.29, 0.717) is 6.04 Å². The summed E-state index contributed by atoms with van der Waals surface area (Å²) in [6.45, 7) is 4.92. The standard InChI is InChI=1S/C11H20N2/c1-3-8-13(9-11-4-5-11)10(2)6-7-12/h1,10-11H,4-9,12H2,2H3. The van der Waals surface area contributed by atoms with Gasteiger partial charge in [0.25, 0.3) is 0 Å². The van der Waals surface area contributed by atoms with Gasteiger partial charge in [-0.25, -0.2) is 0 Å². The fourth-order valence-corrected chi connectivity index (χ4v) is 1.57. The van der Waals surface area contributed by atoms with Crippen molar-refractivity contribution in [2.75, 3.05) is 19.6 Å². The highest BCUT2D eigenvalue weighted by Gasteiger charge is 2.25. The predicted octanol–water partition coefficient (Wildman–Crippen LogP) is 1.07. The summed E-state index contributed by atoms with van der Waals surface area (Å²) in [5, 5.41) is 0. The summed E-state index contributed by atoms with van der Waals surface area (Å²) in [7, 11) is 0. The van der Waals surface area contributed by atoms with Crippen LogP contribution in [0.4, 0.5) is 0 Å². The third kappa shape index (κ3) is 3.80. The number of hydrogen-bond donors (Lipinski definition) is 1. The van der Waals surface area contributed by atoms with Crippen molar-refractivity contribution >= 4 is 0 Å². The molecule has 1 saturated carbocycles. The Labute approximate surface area is 81.5 Å². The molecule has 1 unspecified atom stereocenters. The first-order valence-electron chi connectivity index (χ1n) is 5.15. The summed E-state index contributed by atoms with van der Waals surface area (Å²) in [6, 6.07) is 0.543. The molecular formula is C11H20N2. The van der Waals surface area contributed by atoms with Crippen LogP contribution in [0.3, 0.4) is 0 Å². The first-order chi connectivity index (χ1) is 6.27. The number of nitrogens with two attached hydrogens (primary N) is 1. The van der Waals surface area contributed by atoms with Crippen LogP contribution in [0.2, 0.25) is 0 Å². The lowest BCUT2D eigenvalue weighted by Gasteiger charge is -2.26. The smallest absolute Gasteiger partial charge is 0.0601 e. The van der Waals surface area contributed by atoms with E-state index in [0.717, 1.165) is 25.4 Å². The maximum atomic E-state index is 5.53. The molecule has 0 aromatic rings. The van der Waals surface area contributed by atoms with Crippen LogP contribution in [0.1, 0.15) is 26.2 Å². The Morgan fingerprint density at radius 3 is 2.77 bits per heavy atom. The van der Waals surface area contributed by atoms with Gasteiger partial charge in [0.15, 0.2) is 0 Å². The van der Waals surface area contributed by atoms with E-state index < -0.39 is 0 Å². The highest BCUT2D eigenvalue weighted by molar-refractivity contribution is 4.91. The maximum Gasteiger partial charge on any atom is 0.0601 e. The Bertz CT molecular complexity index is 179. The summed E-state index contributed by atoms with van der Waals surface area (Å²) in [6.07, 6.45) is 9.16. The fraction of sp³-hybridized carbons (Fsp3) is 0.818. The lowest BCUT2D eigenvalue weighted by Crippen LogP contribution is -2.36. The molecule has 0 aromatic heterocycles. The topological polar surface area (TPSA) is 29.3 Å². The van der Waals surface area contributed by atoms with E-state index in [2.05, 4.69) is 17.7 Å². The van der Waals surface area contributed by atoms with Crippen molar-refractivity contribution < 1.29 is 0 Å². The minimum atomic E-state index is 0.543. The lowest BCUT2D eigenvalue weighted by molar-refractivity contribution is 0.217. The molecule has 13 heavy (non-hydrogen) atoms. The molecule has 1 aliphatic rings.